The average Bonchev–Trinajstić information content (AvgIpc) is 2.97. The molecule has 0 aliphatic carbocycles. The second-order valence-corrected chi connectivity index (χ2v) is 6.64. The molecular formula is C11H7BrClN3S2. The summed E-state index contributed by atoms with van der Waals surface area (Å²) in [6.07, 6.45) is 0. The Hall–Kier alpha value is -0.690. The Morgan fingerprint density at radius 1 is 1.33 bits per heavy atom. The highest BCUT2D eigenvalue weighted by Gasteiger charge is 2.11. The minimum absolute atomic E-state index is 0.260. The summed E-state index contributed by atoms with van der Waals surface area (Å²) in [7, 11) is 0. The molecule has 3 rings (SSSR count). The molecule has 7 heteroatoms. The standard InChI is InChI=1S/C11H7BrClN3S2/c12-7-5-18-9-8(7)15-11(13)16-10(9)14-4-6-2-1-3-17-6/h1-3,5H,4H2,(H,14,15,16). The predicted molar refractivity (Wildman–Crippen MR) is 81.8 cm³/mol. The van der Waals surface area contributed by atoms with Crippen LogP contribution in [-0.2, 0) is 6.54 Å². The van der Waals surface area contributed by atoms with Crippen molar-refractivity contribution in [1.82, 2.24) is 9.97 Å². The number of nitrogens with zero attached hydrogens (tertiary/aromatic N) is 2. The van der Waals surface area contributed by atoms with Crippen molar-refractivity contribution in [1.29, 1.82) is 0 Å². The molecule has 0 bridgehead atoms. The first kappa shape index (κ1) is 12.3. The van der Waals surface area contributed by atoms with Crippen molar-refractivity contribution in [2.24, 2.45) is 0 Å². The van der Waals surface area contributed by atoms with Crippen molar-refractivity contribution in [2.75, 3.05) is 5.32 Å². The van der Waals surface area contributed by atoms with Gasteiger partial charge in [0.15, 0.2) is 0 Å². The normalized spacial score (nSPS) is 11.0. The Bertz CT molecular complexity index is 681. The summed E-state index contributed by atoms with van der Waals surface area (Å²) in [6.45, 7) is 0.746. The minimum atomic E-state index is 0.260. The third kappa shape index (κ3) is 2.38. The van der Waals surface area contributed by atoms with Gasteiger partial charge in [-0.1, -0.05) is 6.07 Å². The molecule has 92 valence electrons. The van der Waals surface area contributed by atoms with Crippen LogP contribution in [0.5, 0.6) is 0 Å². The average molecular weight is 361 g/mol. The minimum Gasteiger partial charge on any atom is -0.364 e. The lowest BCUT2D eigenvalue weighted by Crippen LogP contribution is -2.00. The molecular weight excluding hydrogens is 354 g/mol. The molecule has 0 saturated carbocycles. The number of rotatable bonds is 3. The molecule has 1 N–H and O–H groups in total. The second kappa shape index (κ2) is 5.13. The Labute approximate surface area is 125 Å². The van der Waals surface area contributed by atoms with Gasteiger partial charge in [-0.15, -0.1) is 22.7 Å². The summed E-state index contributed by atoms with van der Waals surface area (Å²) in [6, 6.07) is 4.12. The summed E-state index contributed by atoms with van der Waals surface area (Å²) in [5.74, 6) is 0.786. The van der Waals surface area contributed by atoms with E-state index in [-0.39, 0.29) is 5.28 Å². The number of fused-ring (bicyclic) bond motifs is 1. The maximum absolute atomic E-state index is 5.94. The molecule has 0 aliphatic rings. The first-order chi connectivity index (χ1) is 8.74. The Morgan fingerprint density at radius 2 is 2.22 bits per heavy atom. The van der Waals surface area contributed by atoms with Gasteiger partial charge in [0.25, 0.3) is 0 Å². The maximum Gasteiger partial charge on any atom is 0.225 e. The number of halogens is 2. The molecule has 18 heavy (non-hydrogen) atoms. The molecule has 0 amide bonds. The molecule has 0 spiro atoms. The fraction of sp³-hybridized carbons (Fsp3) is 0.0909. The van der Waals surface area contributed by atoms with Crippen LogP contribution in [0.4, 0.5) is 5.82 Å². The summed E-state index contributed by atoms with van der Waals surface area (Å²) in [4.78, 5) is 9.73. The van der Waals surface area contributed by atoms with E-state index in [1.807, 2.05) is 11.4 Å². The second-order valence-electron chi connectivity index (χ2n) is 3.54. The number of thiophene rings is 2. The van der Waals surface area contributed by atoms with Crippen molar-refractivity contribution in [3.8, 4) is 0 Å². The van der Waals surface area contributed by atoms with Crippen molar-refractivity contribution < 1.29 is 0 Å². The lowest BCUT2D eigenvalue weighted by Gasteiger charge is -2.05. The maximum atomic E-state index is 5.94. The van der Waals surface area contributed by atoms with Gasteiger partial charge in [0.05, 0.1) is 15.7 Å². The van der Waals surface area contributed by atoms with Crippen LogP contribution in [0.2, 0.25) is 5.28 Å². The zero-order valence-corrected chi connectivity index (χ0v) is 13.0. The van der Waals surface area contributed by atoms with Crippen molar-refractivity contribution >= 4 is 66.2 Å². The van der Waals surface area contributed by atoms with Crippen LogP contribution in [0.15, 0.2) is 27.4 Å². The lowest BCUT2D eigenvalue weighted by molar-refractivity contribution is 1.13. The Morgan fingerprint density at radius 3 is 3.00 bits per heavy atom. The topological polar surface area (TPSA) is 37.8 Å². The van der Waals surface area contributed by atoms with Crippen LogP contribution in [0.25, 0.3) is 10.2 Å². The van der Waals surface area contributed by atoms with Crippen LogP contribution in [0.1, 0.15) is 4.88 Å². The summed E-state index contributed by atoms with van der Waals surface area (Å²) in [5, 5.41) is 7.62. The van der Waals surface area contributed by atoms with Gasteiger partial charge in [-0.25, -0.2) is 4.98 Å². The molecule has 0 radical (unpaired) electrons. The van der Waals surface area contributed by atoms with E-state index in [2.05, 4.69) is 42.7 Å². The first-order valence-electron chi connectivity index (χ1n) is 5.10. The van der Waals surface area contributed by atoms with E-state index in [1.165, 1.54) is 4.88 Å². The van der Waals surface area contributed by atoms with Gasteiger partial charge >= 0.3 is 0 Å². The van der Waals surface area contributed by atoms with Gasteiger partial charge in [-0.3, -0.25) is 0 Å². The molecule has 0 unspecified atom stereocenters. The number of hydrogen-bond donors (Lipinski definition) is 1. The quantitative estimate of drug-likeness (QED) is 0.683. The number of nitrogens with one attached hydrogen (secondary N) is 1. The summed E-state index contributed by atoms with van der Waals surface area (Å²) < 4.78 is 1.97. The SMILES string of the molecule is Clc1nc(NCc2cccs2)c2scc(Br)c2n1. The zero-order chi connectivity index (χ0) is 12.5. The Kier molecular flexibility index (Phi) is 3.52. The van der Waals surface area contributed by atoms with Crippen molar-refractivity contribution in [3.05, 3.63) is 37.5 Å². The van der Waals surface area contributed by atoms with Crippen LogP contribution < -0.4 is 5.32 Å². The van der Waals surface area contributed by atoms with Crippen LogP contribution >= 0.6 is 50.2 Å². The highest BCUT2D eigenvalue weighted by atomic mass is 79.9. The number of hydrogen-bond acceptors (Lipinski definition) is 5. The lowest BCUT2D eigenvalue weighted by atomic mass is 10.4. The highest BCUT2D eigenvalue weighted by Crippen LogP contribution is 2.34. The van der Waals surface area contributed by atoms with Gasteiger partial charge in [0, 0.05) is 10.3 Å². The van der Waals surface area contributed by atoms with Crippen molar-refractivity contribution in [3.63, 3.8) is 0 Å². The van der Waals surface area contributed by atoms with Crippen LogP contribution in [0, 0.1) is 0 Å². The van der Waals surface area contributed by atoms with Crippen molar-refractivity contribution in [2.45, 2.75) is 6.54 Å². The van der Waals surface area contributed by atoms with Gasteiger partial charge < -0.3 is 5.32 Å². The van der Waals surface area contributed by atoms with E-state index in [0.29, 0.717) is 0 Å². The van der Waals surface area contributed by atoms with Gasteiger partial charge in [0.2, 0.25) is 5.28 Å². The zero-order valence-electron chi connectivity index (χ0n) is 8.98. The molecule has 3 heterocycles. The fourth-order valence-corrected chi connectivity index (χ4v) is 3.91. The molecule has 3 aromatic heterocycles. The van der Waals surface area contributed by atoms with Crippen LogP contribution in [0.3, 0.4) is 0 Å². The third-order valence-electron chi connectivity index (χ3n) is 2.35. The molecule has 3 nitrogen and oxygen atoms in total. The van der Waals surface area contributed by atoms with E-state index in [0.717, 1.165) is 27.1 Å². The molecule has 0 aromatic carbocycles. The molecule has 3 aromatic rings. The molecule has 0 fully saturated rings. The smallest absolute Gasteiger partial charge is 0.225 e. The monoisotopic (exact) mass is 359 g/mol. The fourth-order valence-electron chi connectivity index (χ4n) is 1.57. The molecule has 0 saturated heterocycles. The van der Waals surface area contributed by atoms with E-state index >= 15 is 0 Å². The molecule has 0 aliphatic heterocycles. The van der Waals surface area contributed by atoms with Gasteiger partial charge in [-0.2, -0.15) is 4.98 Å². The molecule has 0 atom stereocenters. The summed E-state index contributed by atoms with van der Waals surface area (Å²) >= 11 is 12.7. The number of anilines is 1. The van der Waals surface area contributed by atoms with Crippen LogP contribution in [-0.4, -0.2) is 9.97 Å². The van der Waals surface area contributed by atoms with E-state index < -0.39 is 0 Å². The van der Waals surface area contributed by atoms with Gasteiger partial charge in [-0.05, 0) is 39.0 Å². The summed E-state index contributed by atoms with van der Waals surface area (Å²) in [5.41, 5.74) is 0.855. The van der Waals surface area contributed by atoms with E-state index in [4.69, 9.17) is 11.6 Å². The largest absolute Gasteiger partial charge is 0.364 e. The van der Waals surface area contributed by atoms with E-state index in [1.54, 1.807) is 22.7 Å². The first-order valence-corrected chi connectivity index (χ1v) is 8.03. The number of aromatic nitrogens is 2. The predicted octanol–water partition coefficient (Wildman–Crippen LogP) is 4.78. The Balaban J connectivity index is 1.95. The highest BCUT2D eigenvalue weighted by molar-refractivity contribution is 9.10. The van der Waals surface area contributed by atoms with E-state index in [9.17, 15) is 0 Å². The van der Waals surface area contributed by atoms with Gasteiger partial charge in [0.1, 0.15) is 11.3 Å². The third-order valence-corrected chi connectivity index (χ3v) is 5.28.